The maximum absolute atomic E-state index is 11.9. The lowest BCUT2D eigenvalue weighted by Crippen LogP contribution is -2.21. The molecule has 0 aliphatic carbocycles. The normalized spacial score (nSPS) is 12.9. The summed E-state index contributed by atoms with van der Waals surface area (Å²) in [4.78, 5) is 15.8. The van der Waals surface area contributed by atoms with E-state index in [1.807, 2.05) is 18.2 Å². The van der Waals surface area contributed by atoms with Gasteiger partial charge in [-0.1, -0.05) is 30.3 Å². The zero-order valence-corrected chi connectivity index (χ0v) is 11.8. The number of benzene rings is 1. The van der Waals surface area contributed by atoms with Crippen LogP contribution < -0.4 is 0 Å². The lowest BCUT2D eigenvalue weighted by molar-refractivity contribution is -0.145. The monoisotopic (exact) mass is 293 g/mol. The van der Waals surface area contributed by atoms with E-state index in [2.05, 4.69) is 4.98 Å². The molecule has 2 atom stereocenters. The van der Waals surface area contributed by atoms with Crippen molar-refractivity contribution < 1.29 is 14.6 Å². The zero-order valence-electron chi connectivity index (χ0n) is 11.0. The predicted octanol–water partition coefficient (Wildman–Crippen LogP) is 2.49. The largest absolute Gasteiger partial charge is 0.468 e. The molecule has 1 aromatic heterocycles. The Hall–Kier alpha value is -1.91. The van der Waals surface area contributed by atoms with Gasteiger partial charge in [0, 0.05) is 12.4 Å². The number of methoxy groups -OCH3 is 1. The molecule has 2 unspecified atom stereocenters. The smallest absolute Gasteiger partial charge is 0.316 e. The summed E-state index contributed by atoms with van der Waals surface area (Å²) >= 11 is 0. The molecular weight excluding hydrogens is 278 g/mol. The average molecular weight is 294 g/mol. The summed E-state index contributed by atoms with van der Waals surface area (Å²) in [5, 5.41) is 10.4. The number of carbonyl (C=O) groups is 1. The Balaban J connectivity index is 0.00000200. The van der Waals surface area contributed by atoms with E-state index in [1.54, 1.807) is 36.7 Å². The number of aliphatic hydroxyl groups is 1. The number of esters is 1. The van der Waals surface area contributed by atoms with Crippen LogP contribution in [-0.2, 0) is 9.53 Å². The standard InChI is InChI=1S/C15H15NO3.ClH/c1-19-15(18)13(11-5-3-2-4-6-11)14(17)12-7-9-16-10-8-12;/h2-10,13-14,17H,1H3;1H. The number of carbonyl (C=O) groups excluding carboxylic acids is 1. The van der Waals surface area contributed by atoms with Crippen molar-refractivity contribution in [3.63, 3.8) is 0 Å². The van der Waals surface area contributed by atoms with Crippen LogP contribution in [0.2, 0.25) is 0 Å². The van der Waals surface area contributed by atoms with Gasteiger partial charge in [0.25, 0.3) is 0 Å². The van der Waals surface area contributed by atoms with Crippen LogP contribution in [0, 0.1) is 0 Å². The second kappa shape index (κ2) is 7.62. The number of hydrogen-bond donors (Lipinski definition) is 1. The molecule has 0 bridgehead atoms. The van der Waals surface area contributed by atoms with E-state index in [0.717, 1.165) is 5.56 Å². The first-order valence-corrected chi connectivity index (χ1v) is 5.95. The predicted molar refractivity (Wildman–Crippen MR) is 77.6 cm³/mol. The van der Waals surface area contributed by atoms with Crippen molar-refractivity contribution in [3.8, 4) is 0 Å². The molecule has 0 radical (unpaired) electrons. The second-order valence-corrected chi connectivity index (χ2v) is 4.14. The van der Waals surface area contributed by atoms with Gasteiger partial charge < -0.3 is 9.84 Å². The van der Waals surface area contributed by atoms with Crippen LogP contribution in [0.1, 0.15) is 23.1 Å². The highest BCUT2D eigenvalue weighted by Gasteiger charge is 2.30. The summed E-state index contributed by atoms with van der Waals surface area (Å²) in [5.41, 5.74) is 1.35. The first-order valence-electron chi connectivity index (χ1n) is 5.95. The minimum Gasteiger partial charge on any atom is -0.468 e. The number of hydrogen-bond acceptors (Lipinski definition) is 4. The van der Waals surface area contributed by atoms with Crippen molar-refractivity contribution in [2.24, 2.45) is 0 Å². The van der Waals surface area contributed by atoms with Crippen LogP contribution in [-0.4, -0.2) is 23.2 Å². The maximum atomic E-state index is 11.9. The van der Waals surface area contributed by atoms with Gasteiger partial charge in [-0.05, 0) is 23.3 Å². The van der Waals surface area contributed by atoms with E-state index in [9.17, 15) is 9.90 Å². The molecule has 0 saturated carbocycles. The molecule has 0 aliphatic rings. The van der Waals surface area contributed by atoms with Crippen LogP contribution in [0.15, 0.2) is 54.9 Å². The maximum Gasteiger partial charge on any atom is 0.316 e. The van der Waals surface area contributed by atoms with Gasteiger partial charge in [0.1, 0.15) is 5.92 Å². The van der Waals surface area contributed by atoms with Crippen molar-refractivity contribution in [3.05, 3.63) is 66.0 Å². The van der Waals surface area contributed by atoms with Gasteiger partial charge in [-0.25, -0.2) is 0 Å². The number of pyridine rings is 1. The molecule has 1 heterocycles. The Kier molecular flexibility index (Phi) is 6.15. The van der Waals surface area contributed by atoms with Gasteiger partial charge in [0.15, 0.2) is 0 Å². The quantitative estimate of drug-likeness (QED) is 0.880. The van der Waals surface area contributed by atoms with Crippen molar-refractivity contribution in [1.82, 2.24) is 4.98 Å². The molecular formula is C15H16ClNO3. The molecule has 106 valence electrons. The number of halogens is 1. The average Bonchev–Trinajstić information content (AvgIpc) is 2.49. The number of nitrogens with zero attached hydrogens (tertiary/aromatic N) is 1. The summed E-state index contributed by atoms with van der Waals surface area (Å²) < 4.78 is 4.79. The zero-order chi connectivity index (χ0) is 13.7. The van der Waals surface area contributed by atoms with Crippen molar-refractivity contribution in [1.29, 1.82) is 0 Å². The first-order chi connectivity index (χ1) is 9.24. The highest BCUT2D eigenvalue weighted by Crippen LogP contribution is 2.31. The van der Waals surface area contributed by atoms with Crippen LogP contribution in [0.4, 0.5) is 0 Å². The van der Waals surface area contributed by atoms with Gasteiger partial charge in [0.2, 0.25) is 0 Å². The molecule has 0 aliphatic heterocycles. The summed E-state index contributed by atoms with van der Waals surface area (Å²) in [5.74, 6) is -1.20. The van der Waals surface area contributed by atoms with Crippen molar-refractivity contribution in [2.45, 2.75) is 12.0 Å². The van der Waals surface area contributed by atoms with Gasteiger partial charge in [-0.2, -0.15) is 0 Å². The van der Waals surface area contributed by atoms with Crippen LogP contribution in [0.5, 0.6) is 0 Å². The molecule has 0 amide bonds. The topological polar surface area (TPSA) is 59.4 Å². The summed E-state index contributed by atoms with van der Waals surface area (Å²) in [6.45, 7) is 0. The molecule has 0 fully saturated rings. The highest BCUT2D eigenvalue weighted by atomic mass is 35.5. The van der Waals surface area contributed by atoms with E-state index in [1.165, 1.54) is 7.11 Å². The Labute approximate surface area is 123 Å². The van der Waals surface area contributed by atoms with Crippen LogP contribution >= 0.6 is 12.4 Å². The van der Waals surface area contributed by atoms with Gasteiger partial charge in [0.05, 0.1) is 13.2 Å². The molecule has 0 saturated heterocycles. The number of ether oxygens (including phenoxy) is 1. The third kappa shape index (κ3) is 3.56. The summed E-state index contributed by atoms with van der Waals surface area (Å²) in [7, 11) is 1.32. The van der Waals surface area contributed by atoms with Crippen molar-refractivity contribution in [2.75, 3.05) is 7.11 Å². The van der Waals surface area contributed by atoms with Gasteiger partial charge >= 0.3 is 5.97 Å². The summed E-state index contributed by atoms with van der Waals surface area (Å²) in [6, 6.07) is 12.5. The molecule has 0 spiro atoms. The van der Waals surface area contributed by atoms with E-state index < -0.39 is 18.0 Å². The second-order valence-electron chi connectivity index (χ2n) is 4.14. The number of rotatable bonds is 4. The lowest BCUT2D eigenvalue weighted by Gasteiger charge is -2.21. The fraction of sp³-hybridized carbons (Fsp3) is 0.200. The molecule has 1 N–H and O–H groups in total. The Morgan fingerprint density at radius 3 is 2.25 bits per heavy atom. The SMILES string of the molecule is COC(=O)C(c1ccccc1)C(O)c1ccncc1.Cl. The molecule has 1 aromatic carbocycles. The Bertz CT molecular complexity index is 533. The molecule has 2 rings (SSSR count). The van der Waals surface area contributed by atoms with E-state index in [-0.39, 0.29) is 12.4 Å². The first kappa shape index (κ1) is 16.1. The summed E-state index contributed by atoms with van der Waals surface area (Å²) in [6.07, 6.45) is 2.20. The molecule has 5 heteroatoms. The number of aromatic nitrogens is 1. The number of aliphatic hydroxyl groups excluding tert-OH is 1. The van der Waals surface area contributed by atoms with E-state index >= 15 is 0 Å². The fourth-order valence-electron chi connectivity index (χ4n) is 1.99. The Morgan fingerprint density at radius 1 is 1.10 bits per heavy atom. The molecule has 4 nitrogen and oxygen atoms in total. The third-order valence-corrected chi connectivity index (χ3v) is 2.98. The highest BCUT2D eigenvalue weighted by molar-refractivity contribution is 5.85. The molecule has 2 aromatic rings. The van der Waals surface area contributed by atoms with Gasteiger partial charge in [-0.3, -0.25) is 9.78 Å². The van der Waals surface area contributed by atoms with Crippen molar-refractivity contribution >= 4 is 18.4 Å². The van der Waals surface area contributed by atoms with Crippen LogP contribution in [0.25, 0.3) is 0 Å². The Morgan fingerprint density at radius 2 is 1.70 bits per heavy atom. The van der Waals surface area contributed by atoms with E-state index in [0.29, 0.717) is 5.56 Å². The minimum absolute atomic E-state index is 0. The third-order valence-electron chi connectivity index (χ3n) is 2.98. The van der Waals surface area contributed by atoms with Crippen LogP contribution in [0.3, 0.4) is 0 Å². The fourth-order valence-corrected chi connectivity index (χ4v) is 1.99. The lowest BCUT2D eigenvalue weighted by atomic mass is 9.89. The minimum atomic E-state index is -0.960. The molecule has 20 heavy (non-hydrogen) atoms. The van der Waals surface area contributed by atoms with E-state index in [4.69, 9.17) is 4.74 Å². The van der Waals surface area contributed by atoms with Gasteiger partial charge in [-0.15, -0.1) is 12.4 Å².